The maximum Gasteiger partial charge on any atom is 0.254 e. The molecule has 1 fully saturated rings. The quantitative estimate of drug-likeness (QED) is 0.363. The van der Waals surface area contributed by atoms with Gasteiger partial charge in [-0.1, -0.05) is 18.2 Å². The van der Waals surface area contributed by atoms with Crippen LogP contribution in [0.15, 0.2) is 42.5 Å². The maximum absolute atomic E-state index is 13.8. The molecule has 0 radical (unpaired) electrons. The Bertz CT molecular complexity index is 1220. The molecule has 2 aromatic carbocycles. The molecule has 3 rings (SSSR count). The van der Waals surface area contributed by atoms with Gasteiger partial charge in [0.15, 0.2) is 6.10 Å². The molecular formula is C30H41N3O6S. The van der Waals surface area contributed by atoms with Crippen LogP contribution in [-0.4, -0.2) is 73.8 Å². The highest BCUT2D eigenvalue weighted by Crippen LogP contribution is 2.40. The molecule has 0 aliphatic carbocycles. The summed E-state index contributed by atoms with van der Waals surface area (Å²) < 4.78 is 4.92. The second-order valence-electron chi connectivity index (χ2n) is 11.6. The van der Waals surface area contributed by atoms with E-state index in [4.69, 9.17) is 4.74 Å². The first kappa shape index (κ1) is 31.3. The van der Waals surface area contributed by atoms with Crippen molar-refractivity contribution in [2.45, 2.75) is 83.4 Å². The third-order valence-electron chi connectivity index (χ3n) is 6.77. The lowest BCUT2D eigenvalue weighted by Gasteiger charge is -2.35. The highest BCUT2D eigenvalue weighted by Gasteiger charge is 2.50. The van der Waals surface area contributed by atoms with Crippen molar-refractivity contribution in [2.24, 2.45) is 0 Å². The molecule has 1 aliphatic heterocycles. The number of phenolic OH excluding ortho intramolecular Hbond substituents is 1. The molecule has 40 heavy (non-hydrogen) atoms. The van der Waals surface area contributed by atoms with Gasteiger partial charge in [-0.3, -0.25) is 14.4 Å². The molecule has 10 heteroatoms. The van der Waals surface area contributed by atoms with Crippen LogP contribution in [0, 0.1) is 6.92 Å². The van der Waals surface area contributed by atoms with Crippen LogP contribution in [0.5, 0.6) is 11.5 Å². The lowest BCUT2D eigenvalue weighted by Crippen LogP contribution is -2.60. The molecule has 218 valence electrons. The van der Waals surface area contributed by atoms with Gasteiger partial charge >= 0.3 is 0 Å². The molecule has 1 saturated heterocycles. The second kappa shape index (κ2) is 12.5. The minimum atomic E-state index is -1.63. The molecule has 3 atom stereocenters. The minimum Gasteiger partial charge on any atom is -0.508 e. The average Bonchev–Trinajstić information content (AvgIpc) is 3.19. The van der Waals surface area contributed by atoms with Gasteiger partial charge in [-0.2, -0.15) is 0 Å². The molecule has 0 spiro atoms. The normalized spacial score (nSPS) is 18.1. The van der Waals surface area contributed by atoms with Gasteiger partial charge in [-0.15, -0.1) is 11.8 Å². The first-order chi connectivity index (χ1) is 18.6. The number of thioether (sulfide) groups is 1. The third-order valence-corrected chi connectivity index (χ3v) is 8.14. The molecule has 0 unspecified atom stereocenters. The van der Waals surface area contributed by atoms with Gasteiger partial charge in [0.25, 0.3) is 11.8 Å². The molecule has 0 aromatic heterocycles. The Morgan fingerprint density at radius 1 is 1.15 bits per heavy atom. The minimum absolute atomic E-state index is 0.0311. The van der Waals surface area contributed by atoms with Crippen LogP contribution in [0.3, 0.4) is 0 Å². The Morgan fingerprint density at radius 2 is 1.80 bits per heavy atom. The summed E-state index contributed by atoms with van der Waals surface area (Å²) >= 11 is 1.46. The van der Waals surface area contributed by atoms with E-state index in [0.717, 1.165) is 5.56 Å². The number of ether oxygens (including phenoxy) is 1. The van der Waals surface area contributed by atoms with E-state index < -0.39 is 40.3 Å². The Morgan fingerprint density at radius 3 is 2.40 bits per heavy atom. The number of phenols is 1. The number of carbonyl (C=O) groups excluding carboxylic acids is 3. The number of nitrogens with one attached hydrogen (secondary N) is 2. The fraction of sp³-hybridized carbons (Fsp3) is 0.500. The molecular weight excluding hydrogens is 530 g/mol. The van der Waals surface area contributed by atoms with Gasteiger partial charge in [0.2, 0.25) is 5.91 Å². The number of benzene rings is 2. The van der Waals surface area contributed by atoms with E-state index in [1.54, 1.807) is 31.2 Å². The van der Waals surface area contributed by atoms with Gasteiger partial charge < -0.3 is 30.5 Å². The van der Waals surface area contributed by atoms with E-state index in [0.29, 0.717) is 17.9 Å². The highest BCUT2D eigenvalue weighted by atomic mass is 32.2. The number of rotatable bonds is 9. The van der Waals surface area contributed by atoms with E-state index in [1.807, 2.05) is 53.7 Å². The van der Waals surface area contributed by atoms with Crippen molar-refractivity contribution in [1.82, 2.24) is 15.5 Å². The number of aromatic hydroxyl groups is 1. The van der Waals surface area contributed by atoms with Crippen LogP contribution < -0.4 is 15.4 Å². The number of aliphatic hydroxyl groups is 1. The highest BCUT2D eigenvalue weighted by molar-refractivity contribution is 8.00. The summed E-state index contributed by atoms with van der Waals surface area (Å²) in [5.41, 5.74) is 0.886. The van der Waals surface area contributed by atoms with Gasteiger partial charge in [0.05, 0.1) is 18.5 Å². The molecule has 4 N–H and O–H groups in total. The van der Waals surface area contributed by atoms with Crippen molar-refractivity contribution in [3.8, 4) is 11.5 Å². The van der Waals surface area contributed by atoms with Crippen molar-refractivity contribution in [3.05, 3.63) is 59.2 Å². The van der Waals surface area contributed by atoms with Gasteiger partial charge in [0, 0.05) is 21.4 Å². The monoisotopic (exact) mass is 571 g/mol. The van der Waals surface area contributed by atoms with E-state index in [-0.39, 0.29) is 29.5 Å². The zero-order chi connectivity index (χ0) is 29.8. The van der Waals surface area contributed by atoms with E-state index in [1.165, 1.54) is 22.7 Å². The zero-order valence-corrected chi connectivity index (χ0v) is 25.1. The standard InChI is InChI=1S/C30H41N3O6S/c1-8-39-20-14-12-19(13-15-20)16-22(31-26(36)21-10-9-11-23(34)18(21)2)24(35)28(38)33-17-40-30(6,7)25(33)27(37)32-29(3,4)5/h9-15,22,24-25,34-35H,8,16-17H2,1-7H3,(H,31,36)(H,32,37)/t22-,24-,25+/m0/s1. The number of nitrogens with zero attached hydrogens (tertiary/aromatic N) is 1. The topological polar surface area (TPSA) is 128 Å². The Kier molecular flexibility index (Phi) is 9.79. The summed E-state index contributed by atoms with van der Waals surface area (Å²) in [6.45, 7) is 13.4. The summed E-state index contributed by atoms with van der Waals surface area (Å²) in [4.78, 5) is 41.8. The molecule has 1 heterocycles. The Balaban J connectivity index is 1.91. The van der Waals surface area contributed by atoms with Crippen LogP contribution in [0.2, 0.25) is 0 Å². The third kappa shape index (κ3) is 7.48. The summed E-state index contributed by atoms with van der Waals surface area (Å²) in [6.07, 6.45) is -1.49. The Hall–Kier alpha value is -3.24. The number of aliphatic hydroxyl groups excluding tert-OH is 1. The van der Waals surface area contributed by atoms with Crippen molar-refractivity contribution in [2.75, 3.05) is 12.5 Å². The van der Waals surface area contributed by atoms with E-state index in [9.17, 15) is 24.6 Å². The first-order valence-corrected chi connectivity index (χ1v) is 14.4. The van der Waals surface area contributed by atoms with Crippen molar-refractivity contribution < 1.29 is 29.3 Å². The summed E-state index contributed by atoms with van der Waals surface area (Å²) in [6, 6.07) is 9.99. The van der Waals surface area contributed by atoms with Gasteiger partial charge in [-0.25, -0.2) is 0 Å². The van der Waals surface area contributed by atoms with Crippen molar-refractivity contribution in [1.29, 1.82) is 0 Å². The number of hydrogen-bond acceptors (Lipinski definition) is 7. The zero-order valence-electron chi connectivity index (χ0n) is 24.3. The lowest BCUT2D eigenvalue weighted by molar-refractivity contribution is -0.147. The predicted molar refractivity (Wildman–Crippen MR) is 156 cm³/mol. The fourth-order valence-corrected chi connectivity index (χ4v) is 5.83. The summed E-state index contributed by atoms with van der Waals surface area (Å²) in [5, 5.41) is 27.3. The largest absolute Gasteiger partial charge is 0.508 e. The van der Waals surface area contributed by atoms with Gasteiger partial charge in [0.1, 0.15) is 17.5 Å². The van der Waals surface area contributed by atoms with Crippen LogP contribution in [0.25, 0.3) is 0 Å². The maximum atomic E-state index is 13.8. The van der Waals surface area contributed by atoms with E-state index in [2.05, 4.69) is 10.6 Å². The average molecular weight is 572 g/mol. The molecule has 1 aliphatic rings. The van der Waals surface area contributed by atoms with Crippen LogP contribution >= 0.6 is 11.8 Å². The molecule has 0 saturated carbocycles. The second-order valence-corrected chi connectivity index (χ2v) is 13.2. The number of hydrogen-bond donors (Lipinski definition) is 4. The fourth-order valence-electron chi connectivity index (χ4n) is 4.69. The first-order valence-electron chi connectivity index (χ1n) is 13.4. The van der Waals surface area contributed by atoms with Crippen molar-refractivity contribution >= 4 is 29.5 Å². The molecule has 0 bridgehead atoms. The summed E-state index contributed by atoms with van der Waals surface area (Å²) in [7, 11) is 0. The predicted octanol–water partition coefficient (Wildman–Crippen LogP) is 3.40. The van der Waals surface area contributed by atoms with Crippen molar-refractivity contribution in [3.63, 3.8) is 0 Å². The number of carbonyl (C=O) groups is 3. The Labute approximate surface area is 240 Å². The van der Waals surface area contributed by atoms with Crippen LogP contribution in [-0.2, 0) is 16.0 Å². The van der Waals surface area contributed by atoms with Gasteiger partial charge in [-0.05, 0) is 84.7 Å². The molecule has 3 amide bonds. The van der Waals surface area contributed by atoms with E-state index >= 15 is 0 Å². The lowest BCUT2D eigenvalue weighted by atomic mass is 9.96. The SMILES string of the molecule is CCOc1ccc(C[C@H](NC(=O)c2cccc(O)c2C)[C@H](O)C(=O)N2CSC(C)(C)[C@H]2C(=O)NC(C)(C)C)cc1. The number of amides is 3. The molecule has 9 nitrogen and oxygen atoms in total. The van der Waals surface area contributed by atoms with Crippen LogP contribution in [0.1, 0.15) is 63.0 Å². The summed E-state index contributed by atoms with van der Waals surface area (Å²) in [5.74, 6) is -0.601. The van der Waals surface area contributed by atoms with Crippen LogP contribution in [0.4, 0.5) is 0 Å². The smallest absolute Gasteiger partial charge is 0.254 e. The molecule has 2 aromatic rings.